The minimum Gasteiger partial charge on any atom is -0.465 e. The molecule has 2 rings (SSSR count). The Hall–Kier alpha value is -1.36. The molecule has 0 unspecified atom stereocenters. The van der Waals surface area contributed by atoms with Crippen LogP contribution < -0.4 is 5.32 Å². The fourth-order valence-electron chi connectivity index (χ4n) is 2.27. The zero-order valence-corrected chi connectivity index (χ0v) is 10.2. The SMILES string of the molecule is CCOC(=O)Cn1cncc1C1CCNCC1. The third kappa shape index (κ3) is 3.06. The van der Waals surface area contributed by atoms with Crippen LogP contribution >= 0.6 is 0 Å². The van der Waals surface area contributed by atoms with Crippen LogP contribution in [0.2, 0.25) is 0 Å². The first kappa shape index (κ1) is 12.1. The number of carbonyl (C=O) groups is 1. The topological polar surface area (TPSA) is 56.2 Å². The van der Waals surface area contributed by atoms with Crippen molar-refractivity contribution in [1.82, 2.24) is 14.9 Å². The lowest BCUT2D eigenvalue weighted by Gasteiger charge is -2.23. The van der Waals surface area contributed by atoms with E-state index in [9.17, 15) is 4.79 Å². The Balaban J connectivity index is 2.02. The van der Waals surface area contributed by atoms with E-state index >= 15 is 0 Å². The van der Waals surface area contributed by atoms with Crippen LogP contribution in [-0.2, 0) is 16.1 Å². The van der Waals surface area contributed by atoms with E-state index < -0.39 is 0 Å². The monoisotopic (exact) mass is 237 g/mol. The van der Waals surface area contributed by atoms with Crippen molar-refractivity contribution in [2.75, 3.05) is 19.7 Å². The third-order valence-corrected chi connectivity index (χ3v) is 3.11. The predicted octanol–water partition coefficient (Wildman–Crippen LogP) is 0.913. The Morgan fingerprint density at radius 1 is 1.59 bits per heavy atom. The number of rotatable bonds is 4. The van der Waals surface area contributed by atoms with Gasteiger partial charge in [0, 0.05) is 17.8 Å². The first-order chi connectivity index (χ1) is 8.31. The van der Waals surface area contributed by atoms with Crippen molar-refractivity contribution >= 4 is 5.97 Å². The third-order valence-electron chi connectivity index (χ3n) is 3.11. The van der Waals surface area contributed by atoms with Gasteiger partial charge < -0.3 is 14.6 Å². The van der Waals surface area contributed by atoms with Crippen molar-refractivity contribution in [1.29, 1.82) is 0 Å². The van der Waals surface area contributed by atoms with Gasteiger partial charge in [-0.2, -0.15) is 0 Å². The molecule has 0 aliphatic carbocycles. The number of esters is 1. The van der Waals surface area contributed by atoms with Crippen molar-refractivity contribution in [3.05, 3.63) is 18.2 Å². The summed E-state index contributed by atoms with van der Waals surface area (Å²) in [4.78, 5) is 15.6. The average molecular weight is 237 g/mol. The number of aromatic nitrogens is 2. The van der Waals surface area contributed by atoms with Gasteiger partial charge in [-0.15, -0.1) is 0 Å². The molecule has 0 atom stereocenters. The quantitative estimate of drug-likeness (QED) is 0.791. The first-order valence-electron chi connectivity index (χ1n) is 6.17. The number of ether oxygens (including phenoxy) is 1. The summed E-state index contributed by atoms with van der Waals surface area (Å²) in [6.07, 6.45) is 5.80. The van der Waals surface area contributed by atoms with E-state index in [1.54, 1.807) is 6.33 Å². The Kier molecular flexibility index (Phi) is 4.14. The van der Waals surface area contributed by atoms with Crippen LogP contribution in [0, 0.1) is 0 Å². The van der Waals surface area contributed by atoms with Crippen molar-refractivity contribution in [3.8, 4) is 0 Å². The zero-order valence-electron chi connectivity index (χ0n) is 10.2. The van der Waals surface area contributed by atoms with Gasteiger partial charge in [-0.1, -0.05) is 0 Å². The van der Waals surface area contributed by atoms with Gasteiger partial charge in [0.05, 0.1) is 12.9 Å². The van der Waals surface area contributed by atoms with Gasteiger partial charge in [0.2, 0.25) is 0 Å². The molecule has 1 aliphatic heterocycles. The largest absolute Gasteiger partial charge is 0.465 e. The second-order valence-corrected chi connectivity index (χ2v) is 4.28. The number of imidazole rings is 1. The molecule has 1 fully saturated rings. The minimum absolute atomic E-state index is 0.194. The number of piperidine rings is 1. The second kappa shape index (κ2) is 5.82. The Morgan fingerprint density at radius 2 is 2.35 bits per heavy atom. The fraction of sp³-hybridized carbons (Fsp3) is 0.667. The summed E-state index contributed by atoms with van der Waals surface area (Å²) in [5.74, 6) is 0.314. The van der Waals surface area contributed by atoms with Crippen molar-refractivity contribution in [2.24, 2.45) is 0 Å². The molecule has 2 heterocycles. The van der Waals surface area contributed by atoms with Gasteiger partial charge in [0.25, 0.3) is 0 Å². The number of carbonyl (C=O) groups excluding carboxylic acids is 1. The van der Waals surface area contributed by atoms with E-state index in [-0.39, 0.29) is 12.5 Å². The van der Waals surface area contributed by atoms with Crippen molar-refractivity contribution < 1.29 is 9.53 Å². The molecule has 0 saturated carbocycles. The standard InChI is InChI=1S/C12H19N3O2/c1-2-17-12(16)8-15-9-14-7-11(15)10-3-5-13-6-4-10/h7,9-10,13H,2-6,8H2,1H3. The van der Waals surface area contributed by atoms with E-state index in [4.69, 9.17) is 4.74 Å². The van der Waals surface area contributed by atoms with Crippen LogP contribution in [0.5, 0.6) is 0 Å². The molecule has 1 aromatic rings. The highest BCUT2D eigenvalue weighted by Gasteiger charge is 2.19. The van der Waals surface area contributed by atoms with Gasteiger partial charge >= 0.3 is 5.97 Å². The lowest BCUT2D eigenvalue weighted by atomic mass is 9.95. The van der Waals surface area contributed by atoms with Crippen LogP contribution in [0.25, 0.3) is 0 Å². The van der Waals surface area contributed by atoms with E-state index in [0.29, 0.717) is 12.5 Å². The summed E-state index contributed by atoms with van der Waals surface area (Å²) in [5, 5.41) is 3.34. The van der Waals surface area contributed by atoms with E-state index in [2.05, 4.69) is 10.3 Å². The van der Waals surface area contributed by atoms with Gasteiger partial charge in [-0.25, -0.2) is 4.98 Å². The summed E-state index contributed by atoms with van der Waals surface area (Å²) < 4.78 is 6.87. The summed E-state index contributed by atoms with van der Waals surface area (Å²) in [5.41, 5.74) is 1.15. The molecule has 1 saturated heterocycles. The zero-order chi connectivity index (χ0) is 12.1. The molecule has 5 heteroatoms. The average Bonchev–Trinajstić information content (AvgIpc) is 2.78. The molecule has 5 nitrogen and oxygen atoms in total. The summed E-state index contributed by atoms with van der Waals surface area (Å²) in [6.45, 7) is 4.59. The lowest BCUT2D eigenvalue weighted by Crippen LogP contribution is -2.28. The molecule has 0 spiro atoms. The van der Waals surface area contributed by atoms with Crippen LogP contribution in [0.3, 0.4) is 0 Å². The van der Waals surface area contributed by atoms with E-state index in [1.807, 2.05) is 17.7 Å². The Morgan fingerprint density at radius 3 is 3.06 bits per heavy atom. The number of hydrogen-bond acceptors (Lipinski definition) is 4. The maximum Gasteiger partial charge on any atom is 0.325 e. The van der Waals surface area contributed by atoms with Crippen LogP contribution in [0.15, 0.2) is 12.5 Å². The molecular weight excluding hydrogens is 218 g/mol. The van der Waals surface area contributed by atoms with E-state index in [1.165, 1.54) is 0 Å². The maximum atomic E-state index is 11.5. The molecule has 0 aromatic carbocycles. The highest BCUT2D eigenvalue weighted by atomic mass is 16.5. The predicted molar refractivity (Wildman–Crippen MR) is 63.7 cm³/mol. The summed E-state index contributed by atoms with van der Waals surface area (Å²) in [6, 6.07) is 0. The normalized spacial score (nSPS) is 17.0. The smallest absolute Gasteiger partial charge is 0.325 e. The molecular formula is C12H19N3O2. The number of hydrogen-bond donors (Lipinski definition) is 1. The fourth-order valence-corrected chi connectivity index (χ4v) is 2.27. The van der Waals surface area contributed by atoms with Crippen molar-refractivity contribution in [2.45, 2.75) is 32.2 Å². The Labute approximate surface area is 101 Å². The molecule has 0 amide bonds. The second-order valence-electron chi connectivity index (χ2n) is 4.28. The van der Waals surface area contributed by atoms with Crippen molar-refractivity contribution in [3.63, 3.8) is 0 Å². The van der Waals surface area contributed by atoms with Gasteiger partial charge in [-0.3, -0.25) is 4.79 Å². The maximum absolute atomic E-state index is 11.5. The van der Waals surface area contributed by atoms with Gasteiger partial charge in [0.15, 0.2) is 0 Å². The van der Waals surface area contributed by atoms with Gasteiger partial charge in [-0.05, 0) is 32.9 Å². The minimum atomic E-state index is -0.194. The molecule has 1 N–H and O–H groups in total. The summed E-state index contributed by atoms with van der Waals surface area (Å²) >= 11 is 0. The molecule has 1 aliphatic rings. The molecule has 0 bridgehead atoms. The van der Waals surface area contributed by atoms with E-state index in [0.717, 1.165) is 31.6 Å². The highest BCUT2D eigenvalue weighted by molar-refractivity contribution is 5.69. The van der Waals surface area contributed by atoms with Crippen LogP contribution in [0.4, 0.5) is 0 Å². The molecule has 94 valence electrons. The Bertz CT molecular complexity index is 370. The van der Waals surface area contributed by atoms with Crippen LogP contribution in [0.1, 0.15) is 31.4 Å². The molecule has 17 heavy (non-hydrogen) atoms. The number of nitrogens with one attached hydrogen (secondary N) is 1. The van der Waals surface area contributed by atoms with Gasteiger partial charge in [0.1, 0.15) is 6.54 Å². The van der Waals surface area contributed by atoms with Crippen LogP contribution in [-0.4, -0.2) is 35.2 Å². The first-order valence-corrected chi connectivity index (χ1v) is 6.17. The molecule has 0 radical (unpaired) electrons. The lowest BCUT2D eigenvalue weighted by molar-refractivity contribution is -0.143. The molecule has 1 aromatic heterocycles. The number of nitrogens with zero attached hydrogens (tertiary/aromatic N) is 2. The highest BCUT2D eigenvalue weighted by Crippen LogP contribution is 2.24. The summed E-state index contributed by atoms with van der Waals surface area (Å²) in [7, 11) is 0.